The van der Waals surface area contributed by atoms with Gasteiger partial charge in [0.15, 0.2) is 0 Å². The zero-order chi connectivity index (χ0) is 18.1. The molecule has 0 aliphatic heterocycles. The molecule has 0 radical (unpaired) electrons. The van der Waals surface area contributed by atoms with Gasteiger partial charge in [0.25, 0.3) is 5.56 Å². The van der Waals surface area contributed by atoms with Gasteiger partial charge in [0.1, 0.15) is 17.3 Å². The molecule has 0 fully saturated rings. The number of aliphatic imine (C=N–C) groups is 1. The van der Waals surface area contributed by atoms with Crippen molar-refractivity contribution in [1.82, 2.24) is 10.1 Å². The van der Waals surface area contributed by atoms with E-state index in [0.29, 0.717) is 5.76 Å². The summed E-state index contributed by atoms with van der Waals surface area (Å²) in [6.45, 7) is 11.4. The van der Waals surface area contributed by atoms with E-state index in [1.54, 1.807) is 30.5 Å². The van der Waals surface area contributed by atoms with Crippen LogP contribution in [0, 0.1) is 13.8 Å². The van der Waals surface area contributed by atoms with E-state index in [-0.39, 0.29) is 17.1 Å². The highest BCUT2D eigenvalue weighted by molar-refractivity contribution is 5.93. The van der Waals surface area contributed by atoms with E-state index in [9.17, 15) is 4.79 Å². The van der Waals surface area contributed by atoms with Crippen molar-refractivity contribution in [2.24, 2.45) is 10.7 Å². The van der Waals surface area contributed by atoms with Crippen molar-refractivity contribution in [2.45, 2.75) is 34.1 Å². The summed E-state index contributed by atoms with van der Waals surface area (Å²) < 4.78 is 5.13. The first-order chi connectivity index (χ1) is 11.4. The highest BCUT2D eigenvalue weighted by Gasteiger charge is 2.13. The van der Waals surface area contributed by atoms with Gasteiger partial charge in [-0.25, -0.2) is 4.99 Å². The van der Waals surface area contributed by atoms with E-state index in [0.717, 1.165) is 16.8 Å². The molecule has 0 aliphatic carbocycles. The van der Waals surface area contributed by atoms with Gasteiger partial charge >= 0.3 is 0 Å². The summed E-state index contributed by atoms with van der Waals surface area (Å²) in [7, 11) is 0. The molecule has 6 heteroatoms. The highest BCUT2D eigenvalue weighted by Crippen LogP contribution is 2.27. The Morgan fingerprint density at radius 1 is 1.46 bits per heavy atom. The van der Waals surface area contributed by atoms with Crippen molar-refractivity contribution in [3.8, 4) is 11.1 Å². The van der Waals surface area contributed by atoms with Crippen molar-refractivity contribution in [2.75, 3.05) is 0 Å². The quantitative estimate of drug-likeness (QED) is 0.507. The third-order valence-electron chi connectivity index (χ3n) is 2.86. The monoisotopic (exact) mass is 328 g/mol. The summed E-state index contributed by atoms with van der Waals surface area (Å²) in [5.74, 6) is 0.894. The van der Waals surface area contributed by atoms with Gasteiger partial charge < -0.3 is 15.2 Å². The maximum Gasteiger partial charge on any atom is 0.273 e. The number of aromatic nitrogens is 2. The first-order valence-corrected chi connectivity index (χ1v) is 7.73. The molecule has 0 spiro atoms. The molecule has 2 aromatic heterocycles. The number of allylic oxidation sites excluding steroid dienone is 2. The normalized spacial score (nSPS) is 11.2. The third-order valence-corrected chi connectivity index (χ3v) is 2.86. The molecule has 0 aliphatic rings. The van der Waals surface area contributed by atoms with Crippen LogP contribution in [0.4, 0.5) is 5.69 Å². The van der Waals surface area contributed by atoms with E-state index in [2.05, 4.69) is 35.6 Å². The molecule has 3 N–H and O–H groups in total. The molecule has 0 unspecified atom stereocenters. The van der Waals surface area contributed by atoms with E-state index in [4.69, 9.17) is 10.3 Å². The maximum absolute atomic E-state index is 11.8. The van der Waals surface area contributed by atoms with Gasteiger partial charge in [-0.1, -0.05) is 44.2 Å². The molecule has 0 saturated carbocycles. The molecule has 6 nitrogen and oxygen atoms in total. The van der Waals surface area contributed by atoms with Crippen molar-refractivity contribution < 1.29 is 4.52 Å². The van der Waals surface area contributed by atoms with E-state index >= 15 is 0 Å². The van der Waals surface area contributed by atoms with Crippen LogP contribution >= 0.6 is 0 Å². The Labute approximate surface area is 141 Å². The molecular weight excluding hydrogens is 304 g/mol. The van der Waals surface area contributed by atoms with E-state index in [1.807, 2.05) is 13.8 Å². The van der Waals surface area contributed by atoms with Crippen LogP contribution in [-0.2, 0) is 0 Å². The summed E-state index contributed by atoms with van der Waals surface area (Å²) in [6.07, 6.45) is 7.64. The predicted molar refractivity (Wildman–Crippen MR) is 98.6 cm³/mol. The number of hydrogen-bond acceptors (Lipinski definition) is 4. The van der Waals surface area contributed by atoms with Crippen LogP contribution < -0.4 is 11.3 Å². The Balaban J connectivity index is 0.000000891. The second-order valence-electron chi connectivity index (χ2n) is 5.14. The van der Waals surface area contributed by atoms with Gasteiger partial charge in [-0.2, -0.15) is 0 Å². The summed E-state index contributed by atoms with van der Waals surface area (Å²) in [4.78, 5) is 18.6. The number of nitrogens with two attached hydrogens (primary N) is 1. The summed E-state index contributed by atoms with van der Waals surface area (Å²) >= 11 is 0. The number of H-pyrrole nitrogens is 1. The molecule has 2 aromatic rings. The Kier molecular flexibility index (Phi) is 7.42. The first-order valence-electron chi connectivity index (χ1n) is 7.73. The highest BCUT2D eigenvalue weighted by atomic mass is 16.5. The average Bonchev–Trinajstić information content (AvgIpc) is 2.87. The fourth-order valence-electron chi connectivity index (χ4n) is 1.94. The Morgan fingerprint density at radius 3 is 2.67 bits per heavy atom. The standard InChI is InChI=1S/C15H16N4O2.C3H8/c1-4-5-6-13(16)18-12-7-11(8-17-15(12)20)14-9(2)19-21-10(14)3;1-3-2/h4-8H,1H2,2-3H3,(H2,16,18)(H,17,20);3H2,1-2H3/b6-5-;. The van der Waals surface area contributed by atoms with Gasteiger partial charge in [-0.05, 0) is 26.0 Å². The number of hydrogen-bond donors (Lipinski definition) is 2. The lowest BCUT2D eigenvalue weighted by molar-refractivity contribution is 0.393. The molecule has 2 heterocycles. The minimum Gasteiger partial charge on any atom is -0.384 e. The van der Waals surface area contributed by atoms with Crippen LogP contribution in [-0.4, -0.2) is 16.0 Å². The fourth-order valence-corrected chi connectivity index (χ4v) is 1.94. The van der Waals surface area contributed by atoms with Gasteiger partial charge in [-0.3, -0.25) is 4.79 Å². The number of nitrogens with zero attached hydrogens (tertiary/aromatic N) is 2. The van der Waals surface area contributed by atoms with Gasteiger partial charge in [-0.15, -0.1) is 0 Å². The SMILES string of the molecule is C=C/C=C\C(N)=Nc1cc(-c2c(C)noc2C)c[nH]c1=O.CCC. The third kappa shape index (κ3) is 5.08. The van der Waals surface area contributed by atoms with Crippen LogP contribution in [0.5, 0.6) is 0 Å². The topological polar surface area (TPSA) is 97.3 Å². The number of nitrogens with one attached hydrogen (secondary N) is 1. The van der Waals surface area contributed by atoms with Crippen molar-refractivity contribution in [1.29, 1.82) is 0 Å². The van der Waals surface area contributed by atoms with Crippen molar-refractivity contribution in [3.63, 3.8) is 0 Å². The molecule has 128 valence electrons. The minimum atomic E-state index is -0.319. The van der Waals surface area contributed by atoms with E-state index in [1.165, 1.54) is 6.42 Å². The number of aromatic amines is 1. The van der Waals surface area contributed by atoms with Gasteiger partial charge in [0, 0.05) is 17.3 Å². The fraction of sp³-hybridized carbons (Fsp3) is 0.278. The molecule has 0 saturated heterocycles. The lowest BCUT2D eigenvalue weighted by atomic mass is 10.1. The zero-order valence-electron chi connectivity index (χ0n) is 14.6. The van der Waals surface area contributed by atoms with Crippen LogP contribution in [0.2, 0.25) is 0 Å². The molecule has 0 bridgehead atoms. The van der Waals surface area contributed by atoms with E-state index < -0.39 is 0 Å². The maximum atomic E-state index is 11.8. The van der Waals surface area contributed by atoms with Crippen LogP contribution in [0.15, 0.2) is 51.4 Å². The van der Waals surface area contributed by atoms with Gasteiger partial charge in [0.05, 0.1) is 5.69 Å². The number of rotatable bonds is 4. The summed E-state index contributed by atoms with van der Waals surface area (Å²) in [6, 6.07) is 1.65. The number of pyridine rings is 1. The second kappa shape index (κ2) is 9.29. The van der Waals surface area contributed by atoms with Crippen LogP contribution in [0.25, 0.3) is 11.1 Å². The average molecular weight is 328 g/mol. The summed E-state index contributed by atoms with van der Waals surface area (Å²) in [5, 5.41) is 3.90. The Hall–Kier alpha value is -2.89. The van der Waals surface area contributed by atoms with Crippen molar-refractivity contribution >= 4 is 11.5 Å². The molecule has 0 atom stereocenters. The zero-order valence-corrected chi connectivity index (χ0v) is 14.6. The molecular formula is C18H24N4O2. The number of amidine groups is 1. The van der Waals surface area contributed by atoms with Crippen LogP contribution in [0.1, 0.15) is 31.7 Å². The Bertz CT molecular complexity index is 778. The predicted octanol–water partition coefficient (Wildman–Crippen LogP) is 3.79. The summed E-state index contributed by atoms with van der Waals surface area (Å²) in [5.41, 5.74) is 7.97. The molecule has 24 heavy (non-hydrogen) atoms. The van der Waals surface area contributed by atoms with Crippen molar-refractivity contribution in [3.05, 3.63) is 58.9 Å². The first kappa shape index (κ1) is 19.2. The smallest absolute Gasteiger partial charge is 0.273 e. The lowest BCUT2D eigenvalue weighted by Crippen LogP contribution is -2.11. The second-order valence-corrected chi connectivity index (χ2v) is 5.14. The molecule has 0 amide bonds. The Morgan fingerprint density at radius 2 is 2.12 bits per heavy atom. The molecule has 2 rings (SSSR count). The largest absolute Gasteiger partial charge is 0.384 e. The minimum absolute atomic E-state index is 0.219. The molecule has 0 aromatic carbocycles. The lowest BCUT2D eigenvalue weighted by Gasteiger charge is -2.01. The van der Waals surface area contributed by atoms with Gasteiger partial charge in [0.2, 0.25) is 0 Å². The number of aryl methyl sites for hydroxylation is 2. The van der Waals surface area contributed by atoms with Crippen LogP contribution in [0.3, 0.4) is 0 Å².